The van der Waals surface area contributed by atoms with Crippen LogP contribution in [-0.2, 0) is 12.8 Å². The third-order valence-electron chi connectivity index (χ3n) is 4.64. The van der Waals surface area contributed by atoms with Gasteiger partial charge in [0.1, 0.15) is 17.7 Å². The van der Waals surface area contributed by atoms with Gasteiger partial charge in [0.25, 0.3) is 0 Å². The first-order valence-electron chi connectivity index (χ1n) is 8.39. The molecule has 1 heterocycles. The monoisotopic (exact) mass is 352 g/mol. The fraction of sp³-hybridized carbons (Fsp3) is 0.182. The minimum Gasteiger partial charge on any atom is -0.489 e. The van der Waals surface area contributed by atoms with Crippen LogP contribution in [0.3, 0.4) is 0 Å². The van der Waals surface area contributed by atoms with Crippen LogP contribution in [0.2, 0.25) is 5.02 Å². The second kappa shape index (κ2) is 6.53. The van der Waals surface area contributed by atoms with Crippen LogP contribution in [-0.4, -0.2) is 6.10 Å². The number of aryl methyl sites for hydroxylation is 1. The molecule has 0 bridgehead atoms. The zero-order chi connectivity index (χ0) is 17.4. The van der Waals surface area contributed by atoms with E-state index in [-0.39, 0.29) is 11.1 Å². The Kier molecular flexibility index (Phi) is 4.22. The van der Waals surface area contributed by atoms with Crippen LogP contribution in [0.4, 0.5) is 4.39 Å². The molecular weight excluding hydrogens is 335 g/mol. The fourth-order valence-corrected chi connectivity index (χ4v) is 3.51. The van der Waals surface area contributed by atoms with E-state index in [4.69, 9.17) is 16.3 Å². The van der Waals surface area contributed by atoms with Crippen molar-refractivity contribution in [3.63, 3.8) is 0 Å². The summed E-state index contributed by atoms with van der Waals surface area (Å²) in [5, 5.41) is 0.129. The molecule has 25 heavy (non-hydrogen) atoms. The summed E-state index contributed by atoms with van der Waals surface area (Å²) in [6.07, 6.45) is 1.87. The molecule has 0 spiro atoms. The Morgan fingerprint density at radius 3 is 2.64 bits per heavy atom. The van der Waals surface area contributed by atoms with E-state index in [2.05, 4.69) is 37.3 Å². The second-order valence-corrected chi connectivity index (χ2v) is 6.96. The Balaban J connectivity index is 1.61. The van der Waals surface area contributed by atoms with Crippen LogP contribution >= 0.6 is 11.6 Å². The normalized spacial score (nSPS) is 15.7. The molecule has 1 nitrogen and oxygen atoms in total. The minimum absolute atomic E-state index is 0.120. The van der Waals surface area contributed by atoms with Gasteiger partial charge in [0.15, 0.2) is 0 Å². The first kappa shape index (κ1) is 16.2. The molecule has 3 heteroatoms. The third kappa shape index (κ3) is 3.27. The number of rotatable bonds is 3. The molecule has 1 unspecified atom stereocenters. The van der Waals surface area contributed by atoms with Crippen molar-refractivity contribution in [2.75, 3.05) is 0 Å². The van der Waals surface area contributed by atoms with Crippen molar-refractivity contribution >= 4 is 11.6 Å². The van der Waals surface area contributed by atoms with Crippen molar-refractivity contribution in [3.8, 4) is 16.9 Å². The second-order valence-electron chi connectivity index (χ2n) is 6.56. The van der Waals surface area contributed by atoms with Gasteiger partial charge in [-0.15, -0.1) is 0 Å². The molecule has 3 aromatic rings. The molecule has 126 valence electrons. The van der Waals surface area contributed by atoms with Crippen molar-refractivity contribution in [2.24, 2.45) is 0 Å². The van der Waals surface area contributed by atoms with Gasteiger partial charge in [-0.1, -0.05) is 65.7 Å². The highest BCUT2D eigenvalue weighted by Gasteiger charge is 2.26. The lowest BCUT2D eigenvalue weighted by Gasteiger charge is -2.13. The minimum atomic E-state index is -0.406. The maximum atomic E-state index is 13.5. The zero-order valence-corrected chi connectivity index (χ0v) is 14.7. The zero-order valence-electron chi connectivity index (χ0n) is 13.9. The Labute approximate surface area is 152 Å². The molecule has 0 aliphatic carbocycles. The smallest absolute Gasteiger partial charge is 0.141 e. The van der Waals surface area contributed by atoms with E-state index in [9.17, 15) is 4.39 Å². The first-order chi connectivity index (χ1) is 12.1. The van der Waals surface area contributed by atoms with Gasteiger partial charge in [-0.2, -0.15) is 0 Å². The SMILES string of the molecule is Cc1ccc(CC2Cc3cccc(-c4ccc(F)c(Cl)c4)c3O2)cc1. The van der Waals surface area contributed by atoms with Gasteiger partial charge in [-0.25, -0.2) is 4.39 Å². The van der Waals surface area contributed by atoms with Gasteiger partial charge < -0.3 is 4.74 Å². The summed E-state index contributed by atoms with van der Waals surface area (Å²) in [6, 6.07) is 19.5. The van der Waals surface area contributed by atoms with Crippen molar-refractivity contribution in [1.82, 2.24) is 0 Å². The highest BCUT2D eigenvalue weighted by molar-refractivity contribution is 6.31. The largest absolute Gasteiger partial charge is 0.489 e. The van der Waals surface area contributed by atoms with Crippen LogP contribution in [0.25, 0.3) is 11.1 Å². The van der Waals surface area contributed by atoms with Gasteiger partial charge in [0.2, 0.25) is 0 Å². The molecule has 4 rings (SSSR count). The number of hydrogen-bond acceptors (Lipinski definition) is 1. The topological polar surface area (TPSA) is 9.23 Å². The van der Waals surface area contributed by atoms with Gasteiger partial charge in [0.05, 0.1) is 5.02 Å². The summed E-state index contributed by atoms with van der Waals surface area (Å²) in [5.74, 6) is 0.485. The van der Waals surface area contributed by atoms with Gasteiger partial charge >= 0.3 is 0 Å². The molecule has 0 saturated heterocycles. The molecule has 0 aromatic heterocycles. The van der Waals surface area contributed by atoms with E-state index in [1.807, 2.05) is 12.1 Å². The number of halogens is 2. The van der Waals surface area contributed by atoms with E-state index in [0.717, 1.165) is 29.7 Å². The van der Waals surface area contributed by atoms with E-state index in [1.165, 1.54) is 22.8 Å². The predicted octanol–water partition coefficient (Wildman–Crippen LogP) is 6.00. The quantitative estimate of drug-likeness (QED) is 0.561. The lowest BCUT2D eigenvalue weighted by molar-refractivity contribution is 0.234. The summed E-state index contributed by atoms with van der Waals surface area (Å²) < 4.78 is 19.7. The fourth-order valence-electron chi connectivity index (χ4n) is 3.33. The predicted molar refractivity (Wildman–Crippen MR) is 99.8 cm³/mol. The number of para-hydroxylation sites is 1. The van der Waals surface area contributed by atoms with Gasteiger partial charge in [0, 0.05) is 18.4 Å². The molecule has 0 N–H and O–H groups in total. The maximum absolute atomic E-state index is 13.5. The maximum Gasteiger partial charge on any atom is 0.141 e. The molecular formula is C22H18ClFO. The number of fused-ring (bicyclic) bond motifs is 1. The average Bonchev–Trinajstić information content (AvgIpc) is 3.02. The van der Waals surface area contributed by atoms with Crippen LogP contribution in [0, 0.1) is 12.7 Å². The van der Waals surface area contributed by atoms with Crippen molar-refractivity contribution in [3.05, 3.63) is 88.2 Å². The van der Waals surface area contributed by atoms with E-state index in [1.54, 1.807) is 12.1 Å². The number of benzene rings is 3. The number of ether oxygens (including phenoxy) is 1. The molecule has 0 radical (unpaired) electrons. The summed E-state index contributed by atoms with van der Waals surface area (Å²) in [6.45, 7) is 2.09. The van der Waals surface area contributed by atoms with Crippen LogP contribution in [0.5, 0.6) is 5.75 Å². The van der Waals surface area contributed by atoms with Crippen molar-refractivity contribution < 1.29 is 9.13 Å². The summed E-state index contributed by atoms with van der Waals surface area (Å²) in [4.78, 5) is 0. The Morgan fingerprint density at radius 1 is 1.08 bits per heavy atom. The van der Waals surface area contributed by atoms with E-state index in [0.29, 0.717) is 0 Å². The van der Waals surface area contributed by atoms with Crippen LogP contribution in [0.15, 0.2) is 60.7 Å². The summed E-state index contributed by atoms with van der Waals surface area (Å²) in [7, 11) is 0. The average molecular weight is 353 g/mol. The summed E-state index contributed by atoms with van der Waals surface area (Å²) in [5.41, 5.74) is 5.56. The first-order valence-corrected chi connectivity index (χ1v) is 8.77. The highest BCUT2D eigenvalue weighted by Crippen LogP contribution is 2.40. The molecule has 1 atom stereocenters. The van der Waals surface area contributed by atoms with Gasteiger partial charge in [-0.05, 0) is 35.7 Å². The summed E-state index contributed by atoms with van der Waals surface area (Å²) >= 11 is 5.95. The lowest BCUT2D eigenvalue weighted by Crippen LogP contribution is -2.16. The van der Waals surface area contributed by atoms with E-state index < -0.39 is 5.82 Å². The Bertz CT molecular complexity index is 918. The van der Waals surface area contributed by atoms with Crippen molar-refractivity contribution in [1.29, 1.82) is 0 Å². The molecule has 0 amide bonds. The van der Waals surface area contributed by atoms with E-state index >= 15 is 0 Å². The Morgan fingerprint density at radius 2 is 1.88 bits per heavy atom. The Hall–Kier alpha value is -2.32. The molecule has 3 aromatic carbocycles. The van der Waals surface area contributed by atoms with Crippen LogP contribution in [0.1, 0.15) is 16.7 Å². The van der Waals surface area contributed by atoms with Crippen LogP contribution < -0.4 is 4.74 Å². The number of hydrogen-bond donors (Lipinski definition) is 0. The van der Waals surface area contributed by atoms with Crippen molar-refractivity contribution in [2.45, 2.75) is 25.9 Å². The lowest BCUT2D eigenvalue weighted by atomic mass is 9.99. The van der Waals surface area contributed by atoms with Gasteiger partial charge in [-0.3, -0.25) is 0 Å². The molecule has 1 aliphatic heterocycles. The highest BCUT2D eigenvalue weighted by atomic mass is 35.5. The molecule has 0 fully saturated rings. The standard InChI is InChI=1S/C22H18ClFO/c1-14-5-7-15(8-6-14)11-18-12-17-3-2-4-19(22(17)25-18)16-9-10-21(24)20(23)13-16/h2-10,13,18H,11-12H2,1H3. The molecule has 0 saturated carbocycles. The molecule has 1 aliphatic rings. The third-order valence-corrected chi connectivity index (χ3v) is 4.93.